The molecule has 0 aliphatic heterocycles. The number of rotatable bonds is 7. The van der Waals surface area contributed by atoms with Crippen LogP contribution >= 0.6 is 11.8 Å². The number of thioether (sulfide) groups is 1. The fraction of sp³-hybridized carbons (Fsp3) is 0.600. The van der Waals surface area contributed by atoms with E-state index in [2.05, 4.69) is 44.5 Å². The van der Waals surface area contributed by atoms with Crippen molar-refractivity contribution in [3.8, 4) is 5.75 Å². The van der Waals surface area contributed by atoms with Gasteiger partial charge in [-0.3, -0.25) is 0 Å². The van der Waals surface area contributed by atoms with Gasteiger partial charge < -0.3 is 10.1 Å². The lowest BCUT2D eigenvalue weighted by molar-refractivity contribution is 0.395. The molecule has 0 amide bonds. The Balaban J connectivity index is 3.06. The van der Waals surface area contributed by atoms with Gasteiger partial charge >= 0.3 is 0 Å². The SMILES string of the molecule is CCNC(CCSC)c1ccc(C)c(C)c1OC. The van der Waals surface area contributed by atoms with E-state index < -0.39 is 0 Å². The Kier molecular flexibility index (Phi) is 6.58. The van der Waals surface area contributed by atoms with E-state index in [4.69, 9.17) is 4.74 Å². The number of methoxy groups -OCH3 is 1. The first-order chi connectivity index (χ1) is 8.65. The Morgan fingerprint density at radius 1 is 1.33 bits per heavy atom. The monoisotopic (exact) mass is 267 g/mol. The first kappa shape index (κ1) is 15.4. The van der Waals surface area contributed by atoms with Gasteiger partial charge in [-0.25, -0.2) is 0 Å². The van der Waals surface area contributed by atoms with Crippen LogP contribution in [0.1, 0.15) is 36.1 Å². The van der Waals surface area contributed by atoms with Crippen molar-refractivity contribution < 1.29 is 4.74 Å². The second-order valence-electron chi connectivity index (χ2n) is 4.52. The summed E-state index contributed by atoms with van der Waals surface area (Å²) in [5, 5.41) is 3.56. The van der Waals surface area contributed by atoms with Gasteiger partial charge in [0.2, 0.25) is 0 Å². The summed E-state index contributed by atoms with van der Waals surface area (Å²) in [6, 6.07) is 4.78. The lowest BCUT2D eigenvalue weighted by Gasteiger charge is -2.22. The molecule has 0 saturated carbocycles. The fourth-order valence-electron chi connectivity index (χ4n) is 2.21. The molecular weight excluding hydrogens is 242 g/mol. The van der Waals surface area contributed by atoms with Gasteiger partial charge in [-0.2, -0.15) is 11.8 Å². The Bertz CT molecular complexity index is 379. The van der Waals surface area contributed by atoms with E-state index >= 15 is 0 Å². The molecule has 1 atom stereocenters. The van der Waals surface area contributed by atoms with Crippen LogP contribution in [0, 0.1) is 13.8 Å². The number of ether oxygens (including phenoxy) is 1. The lowest BCUT2D eigenvalue weighted by atomic mass is 9.97. The minimum Gasteiger partial charge on any atom is -0.496 e. The zero-order valence-corrected chi connectivity index (χ0v) is 13.0. The highest BCUT2D eigenvalue weighted by Gasteiger charge is 2.17. The quantitative estimate of drug-likeness (QED) is 0.813. The van der Waals surface area contributed by atoms with Crippen LogP contribution in [0.4, 0.5) is 0 Å². The van der Waals surface area contributed by atoms with E-state index in [1.54, 1.807) is 7.11 Å². The van der Waals surface area contributed by atoms with E-state index in [0.717, 1.165) is 24.5 Å². The molecule has 1 rings (SSSR count). The molecule has 0 heterocycles. The predicted octanol–water partition coefficient (Wildman–Crippen LogP) is 3.72. The Morgan fingerprint density at radius 2 is 2.06 bits per heavy atom. The van der Waals surface area contributed by atoms with Crippen molar-refractivity contribution in [1.82, 2.24) is 5.32 Å². The molecule has 0 aromatic heterocycles. The summed E-state index contributed by atoms with van der Waals surface area (Å²) in [4.78, 5) is 0. The summed E-state index contributed by atoms with van der Waals surface area (Å²) >= 11 is 1.89. The van der Waals surface area contributed by atoms with Gasteiger partial charge in [0.15, 0.2) is 0 Å². The molecule has 2 nitrogen and oxygen atoms in total. The van der Waals surface area contributed by atoms with Crippen LogP contribution in [0.15, 0.2) is 12.1 Å². The third-order valence-electron chi connectivity index (χ3n) is 3.35. The van der Waals surface area contributed by atoms with E-state index in [9.17, 15) is 0 Å². The van der Waals surface area contributed by atoms with Gasteiger partial charge in [0, 0.05) is 11.6 Å². The molecule has 3 heteroatoms. The van der Waals surface area contributed by atoms with Crippen LogP contribution in [0.5, 0.6) is 5.75 Å². The van der Waals surface area contributed by atoms with Crippen molar-refractivity contribution in [2.75, 3.05) is 25.7 Å². The third kappa shape index (κ3) is 3.66. The van der Waals surface area contributed by atoms with Gasteiger partial charge in [-0.15, -0.1) is 0 Å². The highest BCUT2D eigenvalue weighted by Crippen LogP contribution is 2.32. The maximum atomic E-state index is 5.62. The van der Waals surface area contributed by atoms with Crippen molar-refractivity contribution in [1.29, 1.82) is 0 Å². The van der Waals surface area contributed by atoms with E-state index in [0.29, 0.717) is 6.04 Å². The molecule has 0 radical (unpaired) electrons. The molecule has 0 spiro atoms. The number of nitrogens with one attached hydrogen (secondary N) is 1. The number of benzene rings is 1. The lowest BCUT2D eigenvalue weighted by Crippen LogP contribution is -2.22. The molecule has 1 unspecified atom stereocenters. The molecule has 0 fully saturated rings. The molecule has 1 aromatic rings. The smallest absolute Gasteiger partial charge is 0.126 e. The van der Waals surface area contributed by atoms with Gasteiger partial charge in [0.1, 0.15) is 5.75 Å². The van der Waals surface area contributed by atoms with E-state index in [1.807, 2.05) is 11.8 Å². The predicted molar refractivity (Wildman–Crippen MR) is 81.9 cm³/mol. The molecule has 1 N–H and O–H groups in total. The zero-order chi connectivity index (χ0) is 13.5. The largest absolute Gasteiger partial charge is 0.496 e. The van der Waals surface area contributed by atoms with Crippen LogP contribution in [0.2, 0.25) is 0 Å². The Labute approximate surface area is 116 Å². The summed E-state index contributed by atoms with van der Waals surface area (Å²) in [6.07, 6.45) is 3.29. The average molecular weight is 267 g/mol. The normalized spacial score (nSPS) is 12.5. The maximum Gasteiger partial charge on any atom is 0.126 e. The van der Waals surface area contributed by atoms with Crippen LogP contribution in [0.3, 0.4) is 0 Å². The molecule has 1 aromatic carbocycles. The standard InChI is InChI=1S/C15H25NOS/c1-6-16-14(9-10-18-5)13-8-7-11(2)12(3)15(13)17-4/h7-8,14,16H,6,9-10H2,1-5H3. The summed E-state index contributed by atoms with van der Waals surface area (Å²) in [5.74, 6) is 2.20. The Morgan fingerprint density at radius 3 is 2.61 bits per heavy atom. The number of aryl methyl sites for hydroxylation is 1. The van der Waals surface area contributed by atoms with Gasteiger partial charge in [0.25, 0.3) is 0 Å². The van der Waals surface area contributed by atoms with Gasteiger partial charge in [-0.05, 0) is 49.9 Å². The molecule has 0 aliphatic rings. The molecule has 102 valence electrons. The van der Waals surface area contributed by atoms with Crippen molar-refractivity contribution in [3.05, 3.63) is 28.8 Å². The summed E-state index contributed by atoms with van der Waals surface area (Å²) in [6.45, 7) is 7.40. The number of hydrogen-bond acceptors (Lipinski definition) is 3. The van der Waals surface area contributed by atoms with Gasteiger partial charge in [0.05, 0.1) is 7.11 Å². The summed E-state index contributed by atoms with van der Waals surface area (Å²) in [5.41, 5.74) is 3.83. The van der Waals surface area contributed by atoms with Crippen molar-refractivity contribution in [3.63, 3.8) is 0 Å². The van der Waals surface area contributed by atoms with Crippen LogP contribution in [0.25, 0.3) is 0 Å². The third-order valence-corrected chi connectivity index (χ3v) is 3.99. The first-order valence-corrected chi connectivity index (χ1v) is 7.91. The second-order valence-corrected chi connectivity index (χ2v) is 5.51. The van der Waals surface area contributed by atoms with Crippen molar-refractivity contribution >= 4 is 11.8 Å². The van der Waals surface area contributed by atoms with E-state index in [1.165, 1.54) is 16.7 Å². The average Bonchev–Trinajstić information content (AvgIpc) is 2.37. The highest BCUT2D eigenvalue weighted by atomic mass is 32.2. The van der Waals surface area contributed by atoms with Crippen molar-refractivity contribution in [2.45, 2.75) is 33.2 Å². The van der Waals surface area contributed by atoms with Gasteiger partial charge in [-0.1, -0.05) is 19.1 Å². The molecule has 0 bridgehead atoms. The summed E-state index contributed by atoms with van der Waals surface area (Å²) < 4.78 is 5.62. The van der Waals surface area contributed by atoms with Crippen molar-refractivity contribution in [2.24, 2.45) is 0 Å². The minimum atomic E-state index is 0.386. The Hall–Kier alpha value is -0.670. The first-order valence-electron chi connectivity index (χ1n) is 6.52. The number of hydrogen-bond donors (Lipinski definition) is 1. The zero-order valence-electron chi connectivity index (χ0n) is 12.2. The maximum absolute atomic E-state index is 5.62. The second kappa shape index (κ2) is 7.70. The topological polar surface area (TPSA) is 21.3 Å². The van der Waals surface area contributed by atoms with E-state index in [-0.39, 0.29) is 0 Å². The van der Waals surface area contributed by atoms with Crippen LogP contribution in [-0.4, -0.2) is 25.7 Å². The van der Waals surface area contributed by atoms with Crippen LogP contribution in [-0.2, 0) is 0 Å². The molecule has 0 aliphatic carbocycles. The summed E-state index contributed by atoms with van der Waals surface area (Å²) in [7, 11) is 1.77. The minimum absolute atomic E-state index is 0.386. The molecule has 18 heavy (non-hydrogen) atoms. The highest BCUT2D eigenvalue weighted by molar-refractivity contribution is 7.98. The fourth-order valence-corrected chi connectivity index (χ4v) is 2.68. The molecule has 0 saturated heterocycles. The van der Waals surface area contributed by atoms with Crippen LogP contribution < -0.4 is 10.1 Å². The molecular formula is C15H25NOS.